The van der Waals surface area contributed by atoms with Gasteiger partial charge in [0.1, 0.15) is 11.4 Å². The molecule has 0 atom stereocenters. The molecule has 0 saturated heterocycles. The highest BCUT2D eigenvalue weighted by molar-refractivity contribution is 5.94. The van der Waals surface area contributed by atoms with Crippen LogP contribution in [0, 0.1) is 6.92 Å². The second kappa shape index (κ2) is 5.09. The number of carboxylic acid groups (broad SMARTS) is 1. The molecule has 6 nitrogen and oxygen atoms in total. The molecular formula is C13H16N4O2. The molecule has 0 saturated carbocycles. The van der Waals surface area contributed by atoms with Gasteiger partial charge < -0.3 is 10.4 Å². The molecule has 0 aliphatic rings. The average Bonchev–Trinajstić information content (AvgIpc) is 2.69. The van der Waals surface area contributed by atoms with Crippen molar-refractivity contribution in [3.05, 3.63) is 35.3 Å². The van der Waals surface area contributed by atoms with Crippen LogP contribution in [-0.4, -0.2) is 25.8 Å². The quantitative estimate of drug-likeness (QED) is 0.880. The summed E-state index contributed by atoms with van der Waals surface area (Å²) in [5, 5.41) is 16.5. The van der Waals surface area contributed by atoms with Gasteiger partial charge in [-0.1, -0.05) is 6.92 Å². The van der Waals surface area contributed by atoms with Gasteiger partial charge in [-0.15, -0.1) is 0 Å². The molecule has 6 heteroatoms. The number of hydrogen-bond acceptors (Lipinski definition) is 4. The lowest BCUT2D eigenvalue weighted by molar-refractivity contribution is 0.0697. The van der Waals surface area contributed by atoms with Crippen LogP contribution in [0.4, 0.5) is 11.5 Å². The zero-order valence-electron chi connectivity index (χ0n) is 11.1. The minimum Gasteiger partial charge on any atom is -0.478 e. The Hall–Kier alpha value is -2.37. The van der Waals surface area contributed by atoms with Crippen molar-refractivity contribution in [2.24, 2.45) is 7.05 Å². The summed E-state index contributed by atoms with van der Waals surface area (Å²) in [6.07, 6.45) is 2.58. The molecule has 0 unspecified atom stereocenters. The minimum atomic E-state index is -1.00. The molecule has 0 radical (unpaired) electrons. The molecule has 0 amide bonds. The lowest BCUT2D eigenvalue weighted by atomic mass is 10.2. The summed E-state index contributed by atoms with van der Waals surface area (Å²) < 4.78 is 1.69. The molecule has 19 heavy (non-hydrogen) atoms. The summed E-state index contributed by atoms with van der Waals surface area (Å²) in [7, 11) is 1.83. The summed E-state index contributed by atoms with van der Waals surface area (Å²) in [5.74, 6) is -0.660. The predicted octanol–water partition coefficient (Wildman–Crippen LogP) is 2.13. The second-order valence-electron chi connectivity index (χ2n) is 4.30. The van der Waals surface area contributed by atoms with E-state index in [1.165, 1.54) is 0 Å². The number of carbonyl (C=O) groups is 1. The average molecular weight is 260 g/mol. The van der Waals surface area contributed by atoms with Gasteiger partial charge in [0.25, 0.3) is 0 Å². The van der Waals surface area contributed by atoms with Crippen LogP contribution in [0.15, 0.2) is 18.3 Å². The highest BCUT2D eigenvalue weighted by Crippen LogP contribution is 2.22. The first-order chi connectivity index (χ1) is 9.01. The SMILES string of the molecule is CCc1nn(C)cc1Nc1nc(C)ccc1C(=O)O. The number of aromatic nitrogens is 3. The van der Waals surface area contributed by atoms with Crippen LogP contribution in [0.3, 0.4) is 0 Å². The molecular weight excluding hydrogens is 244 g/mol. The van der Waals surface area contributed by atoms with Crippen molar-refractivity contribution in [3.8, 4) is 0 Å². The van der Waals surface area contributed by atoms with Crippen molar-refractivity contribution < 1.29 is 9.90 Å². The Balaban J connectivity index is 2.42. The van der Waals surface area contributed by atoms with Crippen LogP contribution in [0.2, 0.25) is 0 Å². The molecule has 0 spiro atoms. The number of nitrogens with zero attached hydrogens (tertiary/aromatic N) is 3. The molecule has 100 valence electrons. The van der Waals surface area contributed by atoms with Crippen LogP contribution >= 0.6 is 0 Å². The summed E-state index contributed by atoms with van der Waals surface area (Å²) in [4.78, 5) is 15.4. The normalized spacial score (nSPS) is 10.5. The number of hydrogen-bond donors (Lipinski definition) is 2. The molecule has 2 rings (SSSR count). The van der Waals surface area contributed by atoms with Gasteiger partial charge in [0, 0.05) is 18.9 Å². The van der Waals surface area contributed by atoms with E-state index >= 15 is 0 Å². The molecule has 0 aliphatic carbocycles. The van der Waals surface area contributed by atoms with Crippen molar-refractivity contribution in [1.82, 2.24) is 14.8 Å². The van der Waals surface area contributed by atoms with Gasteiger partial charge in [-0.25, -0.2) is 9.78 Å². The Kier molecular flexibility index (Phi) is 3.50. The van der Waals surface area contributed by atoms with Crippen molar-refractivity contribution in [2.75, 3.05) is 5.32 Å². The maximum Gasteiger partial charge on any atom is 0.339 e. The van der Waals surface area contributed by atoms with Crippen molar-refractivity contribution in [2.45, 2.75) is 20.3 Å². The fourth-order valence-electron chi connectivity index (χ4n) is 1.85. The molecule has 2 heterocycles. The molecule has 2 aromatic heterocycles. The number of carboxylic acids is 1. The number of nitrogens with one attached hydrogen (secondary N) is 1. The summed E-state index contributed by atoms with van der Waals surface area (Å²) in [5.41, 5.74) is 2.57. The van der Waals surface area contributed by atoms with Crippen LogP contribution in [0.1, 0.15) is 28.7 Å². The van der Waals surface area contributed by atoms with E-state index < -0.39 is 5.97 Å². The van der Waals surface area contributed by atoms with E-state index in [1.807, 2.05) is 27.1 Å². The van der Waals surface area contributed by atoms with Crippen molar-refractivity contribution >= 4 is 17.5 Å². The smallest absolute Gasteiger partial charge is 0.339 e. The fraction of sp³-hybridized carbons (Fsp3) is 0.308. The molecule has 0 bridgehead atoms. The summed E-state index contributed by atoms with van der Waals surface area (Å²) in [6, 6.07) is 3.23. The molecule has 0 fully saturated rings. The lowest BCUT2D eigenvalue weighted by Crippen LogP contribution is -2.06. The van der Waals surface area contributed by atoms with Gasteiger partial charge in [0.05, 0.1) is 11.4 Å². The van der Waals surface area contributed by atoms with Gasteiger partial charge >= 0.3 is 5.97 Å². The molecule has 0 aliphatic heterocycles. The maximum absolute atomic E-state index is 11.2. The third kappa shape index (κ3) is 2.73. The third-order valence-corrected chi connectivity index (χ3v) is 2.76. The monoisotopic (exact) mass is 260 g/mol. The van der Waals surface area contributed by atoms with Gasteiger partial charge in [0.15, 0.2) is 0 Å². The van der Waals surface area contributed by atoms with E-state index in [4.69, 9.17) is 5.11 Å². The first-order valence-corrected chi connectivity index (χ1v) is 6.01. The largest absolute Gasteiger partial charge is 0.478 e. The first kappa shape index (κ1) is 13.1. The van der Waals surface area contributed by atoms with E-state index in [0.717, 1.165) is 23.5 Å². The Morgan fingerprint density at radius 2 is 2.21 bits per heavy atom. The van der Waals surface area contributed by atoms with Crippen LogP contribution in [0.5, 0.6) is 0 Å². The zero-order chi connectivity index (χ0) is 14.0. The summed E-state index contributed by atoms with van der Waals surface area (Å²) >= 11 is 0. The number of rotatable bonds is 4. The van der Waals surface area contributed by atoms with Crippen molar-refractivity contribution in [1.29, 1.82) is 0 Å². The minimum absolute atomic E-state index is 0.150. The number of aromatic carboxylic acids is 1. The standard InChI is InChI=1S/C13H16N4O2/c1-4-10-11(7-17(3)16-10)15-12-9(13(18)19)6-5-8(2)14-12/h5-7H,4H2,1-3H3,(H,14,15)(H,18,19). The Bertz CT molecular complexity index is 619. The van der Waals surface area contributed by atoms with E-state index in [-0.39, 0.29) is 5.56 Å². The van der Waals surface area contributed by atoms with Crippen LogP contribution in [0.25, 0.3) is 0 Å². The second-order valence-corrected chi connectivity index (χ2v) is 4.30. The zero-order valence-corrected chi connectivity index (χ0v) is 11.1. The number of pyridine rings is 1. The van der Waals surface area contributed by atoms with Crippen molar-refractivity contribution in [3.63, 3.8) is 0 Å². The Morgan fingerprint density at radius 1 is 1.47 bits per heavy atom. The van der Waals surface area contributed by atoms with E-state index in [2.05, 4.69) is 15.4 Å². The van der Waals surface area contributed by atoms with E-state index in [1.54, 1.807) is 16.8 Å². The van der Waals surface area contributed by atoms with E-state index in [9.17, 15) is 4.79 Å². The van der Waals surface area contributed by atoms with Crippen LogP contribution in [-0.2, 0) is 13.5 Å². The van der Waals surface area contributed by atoms with Gasteiger partial charge in [-0.05, 0) is 25.5 Å². The number of aryl methyl sites for hydroxylation is 3. The Morgan fingerprint density at radius 3 is 2.84 bits per heavy atom. The molecule has 2 N–H and O–H groups in total. The maximum atomic E-state index is 11.2. The topological polar surface area (TPSA) is 80.0 Å². The highest BCUT2D eigenvalue weighted by Gasteiger charge is 2.14. The lowest BCUT2D eigenvalue weighted by Gasteiger charge is -2.08. The van der Waals surface area contributed by atoms with Gasteiger partial charge in [0.2, 0.25) is 0 Å². The fourth-order valence-corrected chi connectivity index (χ4v) is 1.85. The number of anilines is 2. The third-order valence-electron chi connectivity index (χ3n) is 2.76. The molecule has 2 aromatic rings. The predicted molar refractivity (Wildman–Crippen MR) is 71.8 cm³/mol. The van der Waals surface area contributed by atoms with Gasteiger partial charge in [-0.2, -0.15) is 5.10 Å². The Labute approximate surface area is 111 Å². The first-order valence-electron chi connectivity index (χ1n) is 6.01. The van der Waals surface area contributed by atoms with Gasteiger partial charge in [-0.3, -0.25) is 4.68 Å². The van der Waals surface area contributed by atoms with Crippen LogP contribution < -0.4 is 5.32 Å². The molecule has 0 aromatic carbocycles. The van der Waals surface area contributed by atoms with E-state index in [0.29, 0.717) is 5.82 Å². The highest BCUT2D eigenvalue weighted by atomic mass is 16.4. The summed E-state index contributed by atoms with van der Waals surface area (Å²) in [6.45, 7) is 3.82.